The van der Waals surface area contributed by atoms with E-state index in [1.54, 1.807) is 73.7 Å². The van der Waals surface area contributed by atoms with Gasteiger partial charge in [0.15, 0.2) is 0 Å². The van der Waals surface area contributed by atoms with Crippen molar-refractivity contribution < 1.29 is 19.1 Å². The summed E-state index contributed by atoms with van der Waals surface area (Å²) in [4.78, 5) is 39.7. The second-order valence-electron chi connectivity index (χ2n) is 7.05. The lowest BCUT2D eigenvalue weighted by Crippen LogP contribution is -2.41. The Labute approximate surface area is 185 Å². The Balaban J connectivity index is 1.77. The molecule has 0 unspecified atom stereocenters. The van der Waals surface area contributed by atoms with Crippen LogP contribution in [0.2, 0.25) is 0 Å². The summed E-state index contributed by atoms with van der Waals surface area (Å²) in [5.74, 6) is -1.38. The average molecular weight is 422 g/mol. The van der Waals surface area contributed by atoms with Crippen LogP contribution >= 0.6 is 0 Å². The number of anilines is 1. The minimum Gasteiger partial charge on any atom is -0.462 e. The highest BCUT2D eigenvalue weighted by molar-refractivity contribution is 6.43. The smallest absolute Gasteiger partial charge is 0.338 e. The maximum atomic E-state index is 13.4. The largest absolute Gasteiger partial charge is 0.462 e. The minimum atomic E-state index is -0.470. The monoisotopic (exact) mass is 422 g/mol. The topological polar surface area (TPSA) is 87.5 Å². The van der Waals surface area contributed by atoms with Crippen molar-refractivity contribution in [2.75, 3.05) is 11.5 Å². The molecule has 3 aromatic rings. The highest BCUT2D eigenvalue weighted by Gasteiger charge is 2.35. The maximum absolute atomic E-state index is 13.4. The first-order valence-corrected chi connectivity index (χ1v) is 10.0. The molecule has 2 amide bonds. The molecule has 0 aromatic heterocycles. The zero-order valence-corrected chi connectivity index (χ0v) is 17.2. The van der Waals surface area contributed by atoms with Crippen LogP contribution in [0.25, 0.3) is 11.6 Å². The van der Waals surface area contributed by atoms with Gasteiger partial charge in [-0.25, -0.2) is 9.69 Å². The molecular formula is C26H18N2O4. The fourth-order valence-corrected chi connectivity index (χ4v) is 3.51. The van der Waals surface area contributed by atoms with Gasteiger partial charge >= 0.3 is 5.97 Å². The number of esters is 1. The van der Waals surface area contributed by atoms with E-state index in [1.165, 1.54) is 12.1 Å². The summed E-state index contributed by atoms with van der Waals surface area (Å²) in [5, 5.41) is 9.00. The summed E-state index contributed by atoms with van der Waals surface area (Å²) in [5.41, 5.74) is 3.25. The molecule has 0 spiro atoms. The number of amides is 2. The molecule has 0 radical (unpaired) electrons. The molecule has 0 atom stereocenters. The van der Waals surface area contributed by atoms with Crippen molar-refractivity contribution >= 4 is 35.1 Å². The number of carbonyl (C=O) groups is 3. The van der Waals surface area contributed by atoms with Crippen molar-refractivity contribution in [3.05, 3.63) is 101 Å². The van der Waals surface area contributed by atoms with Gasteiger partial charge < -0.3 is 4.74 Å². The molecule has 0 N–H and O–H groups in total. The number of nitrogens with zero attached hydrogens (tertiary/aromatic N) is 2. The molecule has 0 aliphatic carbocycles. The molecule has 0 bridgehead atoms. The first-order valence-electron chi connectivity index (χ1n) is 10.0. The Morgan fingerprint density at radius 1 is 0.938 bits per heavy atom. The summed E-state index contributed by atoms with van der Waals surface area (Å²) in [6.07, 6.45) is 1.70. The zero-order valence-electron chi connectivity index (χ0n) is 17.2. The van der Waals surface area contributed by atoms with E-state index in [0.29, 0.717) is 33.5 Å². The van der Waals surface area contributed by atoms with Crippen molar-refractivity contribution in [2.24, 2.45) is 0 Å². The fourth-order valence-electron chi connectivity index (χ4n) is 3.51. The Morgan fingerprint density at radius 3 is 2.22 bits per heavy atom. The highest BCUT2D eigenvalue weighted by atomic mass is 16.5. The third kappa shape index (κ3) is 3.80. The number of hydrogen-bond acceptors (Lipinski definition) is 5. The molecule has 6 heteroatoms. The van der Waals surface area contributed by atoms with Crippen LogP contribution in [-0.2, 0) is 9.53 Å². The van der Waals surface area contributed by atoms with E-state index in [1.807, 2.05) is 0 Å². The molecule has 4 rings (SSSR count). The van der Waals surface area contributed by atoms with Crippen LogP contribution in [0.4, 0.5) is 5.69 Å². The number of benzene rings is 3. The van der Waals surface area contributed by atoms with E-state index in [2.05, 4.69) is 6.07 Å². The Hall–Kier alpha value is -4.50. The lowest BCUT2D eigenvalue weighted by molar-refractivity contribution is -0.112. The number of rotatable bonds is 4. The van der Waals surface area contributed by atoms with E-state index in [0.717, 1.165) is 10.5 Å². The quantitative estimate of drug-likeness (QED) is 0.352. The van der Waals surface area contributed by atoms with Gasteiger partial charge in [0.1, 0.15) is 0 Å². The van der Waals surface area contributed by atoms with E-state index in [-0.39, 0.29) is 6.61 Å². The molecule has 1 heterocycles. The molecule has 156 valence electrons. The number of carbonyl (C=O) groups excluding carboxylic acids is 3. The fraction of sp³-hybridized carbons (Fsp3) is 0.0769. The molecule has 1 aliphatic heterocycles. The second kappa shape index (κ2) is 8.70. The summed E-state index contributed by atoms with van der Waals surface area (Å²) >= 11 is 0. The number of fused-ring (bicyclic) bond motifs is 1. The van der Waals surface area contributed by atoms with Crippen LogP contribution in [0.3, 0.4) is 0 Å². The number of ether oxygens (including phenoxy) is 1. The molecule has 3 aromatic carbocycles. The molecule has 0 fully saturated rings. The van der Waals surface area contributed by atoms with Crippen LogP contribution in [0.1, 0.15) is 44.3 Å². The Kier molecular flexibility index (Phi) is 5.65. The van der Waals surface area contributed by atoms with Crippen LogP contribution in [0.15, 0.2) is 72.8 Å². The van der Waals surface area contributed by atoms with Crippen LogP contribution < -0.4 is 4.90 Å². The maximum Gasteiger partial charge on any atom is 0.338 e. The van der Waals surface area contributed by atoms with Gasteiger partial charge in [0.05, 0.1) is 29.5 Å². The molecule has 32 heavy (non-hydrogen) atoms. The SMILES string of the molecule is CCOC(=O)c1ccc(N2C(=O)/C(=C\c3ccc(C#N)cc3)c3ccccc3C2=O)cc1. The summed E-state index contributed by atoms with van der Waals surface area (Å²) in [6, 6.07) is 22.0. The first kappa shape index (κ1) is 20.8. The van der Waals surface area contributed by atoms with Gasteiger partial charge in [-0.1, -0.05) is 30.3 Å². The van der Waals surface area contributed by atoms with Gasteiger partial charge in [-0.2, -0.15) is 5.26 Å². The number of imide groups is 1. The van der Waals surface area contributed by atoms with Crippen molar-refractivity contribution in [3.8, 4) is 6.07 Å². The lowest BCUT2D eigenvalue weighted by Gasteiger charge is -2.28. The lowest BCUT2D eigenvalue weighted by atomic mass is 9.91. The average Bonchev–Trinajstić information content (AvgIpc) is 2.83. The van der Waals surface area contributed by atoms with Crippen molar-refractivity contribution in [1.29, 1.82) is 5.26 Å². The minimum absolute atomic E-state index is 0.254. The van der Waals surface area contributed by atoms with Crippen LogP contribution in [0, 0.1) is 11.3 Å². The summed E-state index contributed by atoms with van der Waals surface area (Å²) in [6.45, 7) is 1.97. The van der Waals surface area contributed by atoms with Gasteiger partial charge in [0.25, 0.3) is 11.8 Å². The van der Waals surface area contributed by atoms with Crippen molar-refractivity contribution in [2.45, 2.75) is 6.92 Å². The third-order valence-electron chi connectivity index (χ3n) is 5.07. The van der Waals surface area contributed by atoms with Gasteiger partial charge in [-0.15, -0.1) is 0 Å². The van der Waals surface area contributed by atoms with E-state index < -0.39 is 17.8 Å². The predicted octanol–water partition coefficient (Wildman–Crippen LogP) is 4.46. The van der Waals surface area contributed by atoms with Gasteiger partial charge in [0, 0.05) is 11.1 Å². The first-order chi connectivity index (χ1) is 15.5. The van der Waals surface area contributed by atoms with Crippen LogP contribution in [-0.4, -0.2) is 24.4 Å². The van der Waals surface area contributed by atoms with Gasteiger partial charge in [-0.3, -0.25) is 9.59 Å². The molecule has 1 aliphatic rings. The third-order valence-corrected chi connectivity index (χ3v) is 5.07. The molecule has 0 saturated carbocycles. The van der Waals surface area contributed by atoms with Crippen LogP contribution in [0.5, 0.6) is 0 Å². The molecule has 6 nitrogen and oxygen atoms in total. The van der Waals surface area contributed by atoms with E-state index >= 15 is 0 Å². The molecular weight excluding hydrogens is 404 g/mol. The van der Waals surface area contributed by atoms with Crippen molar-refractivity contribution in [3.63, 3.8) is 0 Å². The summed E-state index contributed by atoms with van der Waals surface area (Å²) < 4.78 is 4.99. The normalized spacial score (nSPS) is 14.1. The molecule has 0 saturated heterocycles. The Morgan fingerprint density at radius 2 is 1.59 bits per heavy atom. The van der Waals surface area contributed by atoms with Gasteiger partial charge in [-0.05, 0) is 66.6 Å². The van der Waals surface area contributed by atoms with Gasteiger partial charge in [0.2, 0.25) is 0 Å². The van der Waals surface area contributed by atoms with Crippen molar-refractivity contribution in [1.82, 2.24) is 0 Å². The van der Waals surface area contributed by atoms with E-state index in [9.17, 15) is 14.4 Å². The number of nitriles is 1. The number of hydrogen-bond donors (Lipinski definition) is 0. The zero-order chi connectivity index (χ0) is 22.7. The summed E-state index contributed by atoms with van der Waals surface area (Å²) in [7, 11) is 0. The Bertz CT molecular complexity index is 1280. The second-order valence-corrected chi connectivity index (χ2v) is 7.05. The standard InChI is InChI=1S/C26H18N2O4/c1-2-32-26(31)19-11-13-20(14-12-19)28-24(29)22-6-4-3-5-21(22)23(25(28)30)15-17-7-9-18(16-27)10-8-17/h3-15H,2H2,1H3/b23-15-. The highest BCUT2D eigenvalue weighted by Crippen LogP contribution is 2.33. The predicted molar refractivity (Wildman–Crippen MR) is 120 cm³/mol. The van der Waals surface area contributed by atoms with E-state index in [4.69, 9.17) is 10.00 Å².